The number of carbonyl (C=O) groups is 1. The van der Waals surface area contributed by atoms with Gasteiger partial charge in [-0.25, -0.2) is 4.98 Å². The molecule has 0 bridgehead atoms. The molecule has 1 aliphatic heterocycles. The highest BCUT2D eigenvalue weighted by atomic mass is 16.2. The van der Waals surface area contributed by atoms with Crippen LogP contribution in [0.1, 0.15) is 67.1 Å². The summed E-state index contributed by atoms with van der Waals surface area (Å²) in [6, 6.07) is 10.3. The van der Waals surface area contributed by atoms with E-state index in [1.165, 1.54) is 18.4 Å². The molecule has 6 heteroatoms. The zero-order valence-electron chi connectivity index (χ0n) is 17.2. The molecular formula is C22H30N4O2. The molecule has 1 aromatic heterocycles. The van der Waals surface area contributed by atoms with Gasteiger partial charge < -0.3 is 10.3 Å². The van der Waals surface area contributed by atoms with Crippen LogP contribution in [0, 0.1) is 6.92 Å². The monoisotopic (exact) mass is 382 g/mol. The van der Waals surface area contributed by atoms with Crippen LogP contribution in [0.25, 0.3) is 0 Å². The predicted octanol–water partition coefficient (Wildman–Crippen LogP) is 2.94. The number of benzene rings is 1. The van der Waals surface area contributed by atoms with Crippen molar-refractivity contribution in [2.75, 3.05) is 19.6 Å². The number of rotatable bonds is 5. The van der Waals surface area contributed by atoms with Crippen LogP contribution >= 0.6 is 0 Å². The minimum atomic E-state index is -0.382. The Bertz CT molecular complexity index is 878. The number of amides is 1. The van der Waals surface area contributed by atoms with Crippen molar-refractivity contribution in [3.63, 3.8) is 0 Å². The highest BCUT2D eigenvalue weighted by Gasteiger charge is 2.26. The quantitative estimate of drug-likeness (QED) is 0.833. The summed E-state index contributed by atoms with van der Waals surface area (Å²) in [5.74, 6) is 0.220. The van der Waals surface area contributed by atoms with Crippen molar-refractivity contribution in [1.82, 2.24) is 20.2 Å². The van der Waals surface area contributed by atoms with E-state index in [2.05, 4.69) is 32.3 Å². The van der Waals surface area contributed by atoms with E-state index in [0.717, 1.165) is 13.1 Å². The van der Waals surface area contributed by atoms with E-state index in [0.29, 0.717) is 18.1 Å². The minimum Gasteiger partial charge on any atom is -0.350 e. The van der Waals surface area contributed by atoms with Crippen LogP contribution < -0.4 is 10.9 Å². The molecule has 1 amide bonds. The molecular weight excluding hydrogens is 352 g/mol. The van der Waals surface area contributed by atoms with Crippen LogP contribution in [0.4, 0.5) is 0 Å². The molecule has 1 fully saturated rings. The maximum absolute atomic E-state index is 12.8. The van der Waals surface area contributed by atoms with Crippen LogP contribution in [0.3, 0.4) is 0 Å². The first-order chi connectivity index (χ1) is 13.3. The predicted molar refractivity (Wildman–Crippen MR) is 111 cm³/mol. The molecule has 150 valence electrons. The summed E-state index contributed by atoms with van der Waals surface area (Å²) in [7, 11) is 0. The Morgan fingerprint density at radius 3 is 2.43 bits per heavy atom. The van der Waals surface area contributed by atoms with E-state index in [-0.39, 0.29) is 28.5 Å². The lowest BCUT2D eigenvalue weighted by Gasteiger charge is -2.28. The maximum atomic E-state index is 12.8. The molecule has 1 aromatic carbocycles. The lowest BCUT2D eigenvalue weighted by atomic mass is 9.95. The van der Waals surface area contributed by atoms with Gasteiger partial charge in [-0.1, -0.05) is 51.1 Å². The van der Waals surface area contributed by atoms with Crippen molar-refractivity contribution in [3.05, 3.63) is 63.3 Å². The second-order valence-corrected chi connectivity index (χ2v) is 8.50. The number of nitrogens with one attached hydrogen (secondary N) is 2. The summed E-state index contributed by atoms with van der Waals surface area (Å²) in [4.78, 5) is 35.0. The molecule has 0 radical (unpaired) electrons. The van der Waals surface area contributed by atoms with E-state index in [1.807, 2.05) is 39.0 Å². The number of aromatic nitrogens is 2. The van der Waals surface area contributed by atoms with Crippen molar-refractivity contribution in [1.29, 1.82) is 0 Å². The molecule has 2 N–H and O–H groups in total. The fraction of sp³-hybridized carbons (Fsp3) is 0.500. The van der Waals surface area contributed by atoms with Gasteiger partial charge in [0.1, 0.15) is 11.4 Å². The second-order valence-electron chi connectivity index (χ2n) is 8.50. The van der Waals surface area contributed by atoms with E-state index in [4.69, 9.17) is 0 Å². The number of aromatic amines is 1. The largest absolute Gasteiger partial charge is 0.350 e. The van der Waals surface area contributed by atoms with Crippen molar-refractivity contribution < 1.29 is 4.79 Å². The third-order valence-corrected chi connectivity index (χ3v) is 5.26. The number of nitrogens with zero attached hydrogens (tertiary/aromatic N) is 2. The molecule has 0 spiro atoms. The van der Waals surface area contributed by atoms with E-state index >= 15 is 0 Å². The summed E-state index contributed by atoms with van der Waals surface area (Å²) >= 11 is 0. The molecule has 1 aliphatic rings. The highest BCUT2D eigenvalue weighted by Crippen LogP contribution is 2.24. The summed E-state index contributed by atoms with van der Waals surface area (Å²) in [6.45, 7) is 10.2. The van der Waals surface area contributed by atoms with Gasteiger partial charge in [-0.05, 0) is 38.4 Å². The highest BCUT2D eigenvalue weighted by molar-refractivity contribution is 5.94. The van der Waals surface area contributed by atoms with Crippen LogP contribution in [0.5, 0.6) is 0 Å². The summed E-state index contributed by atoms with van der Waals surface area (Å²) in [6.07, 6.45) is 2.35. The van der Waals surface area contributed by atoms with Crippen LogP contribution in [-0.4, -0.2) is 40.4 Å². The van der Waals surface area contributed by atoms with Crippen molar-refractivity contribution >= 4 is 5.91 Å². The molecule has 2 heterocycles. The number of likely N-dealkylation sites (tertiary alicyclic amines) is 1. The summed E-state index contributed by atoms with van der Waals surface area (Å²) < 4.78 is 0. The Kier molecular flexibility index (Phi) is 5.98. The molecule has 28 heavy (non-hydrogen) atoms. The third kappa shape index (κ3) is 4.50. The SMILES string of the molecule is Cc1nc(C(C)(C)C)[nH]c(=O)c1C(=O)NCC(c1ccccc1)N1CCCC1. The smallest absolute Gasteiger partial charge is 0.264 e. The van der Waals surface area contributed by atoms with Gasteiger partial charge in [-0.3, -0.25) is 14.5 Å². The first-order valence-electron chi connectivity index (χ1n) is 9.96. The molecule has 1 unspecified atom stereocenters. The topological polar surface area (TPSA) is 78.1 Å². The van der Waals surface area contributed by atoms with E-state index < -0.39 is 0 Å². The first-order valence-corrected chi connectivity index (χ1v) is 9.96. The number of hydrogen-bond donors (Lipinski definition) is 2. The summed E-state index contributed by atoms with van der Waals surface area (Å²) in [5.41, 5.74) is 1.07. The average Bonchev–Trinajstić information content (AvgIpc) is 3.16. The van der Waals surface area contributed by atoms with E-state index in [1.54, 1.807) is 6.92 Å². The average molecular weight is 383 g/mol. The Labute approximate surface area is 166 Å². The number of hydrogen-bond acceptors (Lipinski definition) is 4. The van der Waals surface area contributed by atoms with Crippen LogP contribution in [-0.2, 0) is 5.41 Å². The molecule has 0 aliphatic carbocycles. The van der Waals surface area contributed by atoms with Gasteiger partial charge in [0.25, 0.3) is 11.5 Å². The van der Waals surface area contributed by atoms with Gasteiger partial charge in [0.2, 0.25) is 0 Å². The molecule has 2 aromatic rings. The van der Waals surface area contributed by atoms with Gasteiger partial charge >= 0.3 is 0 Å². The molecule has 0 saturated carbocycles. The molecule has 6 nitrogen and oxygen atoms in total. The lowest BCUT2D eigenvalue weighted by Crippen LogP contribution is -2.39. The normalized spacial score (nSPS) is 16.1. The van der Waals surface area contributed by atoms with Gasteiger partial charge in [0.15, 0.2) is 0 Å². The Morgan fingerprint density at radius 1 is 1.21 bits per heavy atom. The van der Waals surface area contributed by atoms with Gasteiger partial charge in [0, 0.05) is 12.0 Å². The van der Waals surface area contributed by atoms with Crippen LogP contribution in [0.2, 0.25) is 0 Å². The van der Waals surface area contributed by atoms with E-state index in [9.17, 15) is 9.59 Å². The maximum Gasteiger partial charge on any atom is 0.264 e. The standard InChI is InChI=1S/C22H30N4O2/c1-15-18(20(28)25-21(24-15)22(2,3)4)19(27)23-14-17(26-12-8-9-13-26)16-10-6-5-7-11-16/h5-7,10-11,17H,8-9,12-14H2,1-4H3,(H,23,27)(H,24,25,28). The molecule has 3 rings (SSSR count). The van der Waals surface area contributed by atoms with Gasteiger partial charge in [-0.2, -0.15) is 0 Å². The van der Waals surface area contributed by atoms with Gasteiger partial charge in [0.05, 0.1) is 11.7 Å². The number of H-pyrrole nitrogens is 1. The fourth-order valence-electron chi connectivity index (χ4n) is 3.67. The minimum absolute atomic E-state index is 0.0984. The van der Waals surface area contributed by atoms with Crippen molar-refractivity contribution in [3.8, 4) is 0 Å². The Hall–Kier alpha value is -2.47. The van der Waals surface area contributed by atoms with Crippen molar-refractivity contribution in [2.45, 2.75) is 52.0 Å². The Balaban J connectivity index is 1.79. The van der Waals surface area contributed by atoms with Crippen molar-refractivity contribution in [2.24, 2.45) is 0 Å². The zero-order chi connectivity index (χ0) is 20.3. The summed E-state index contributed by atoms with van der Waals surface area (Å²) in [5, 5.41) is 2.97. The molecule has 1 saturated heterocycles. The number of carbonyl (C=O) groups excluding carboxylic acids is 1. The first kappa shape index (κ1) is 20.3. The van der Waals surface area contributed by atoms with Crippen LogP contribution in [0.15, 0.2) is 35.1 Å². The fourth-order valence-corrected chi connectivity index (χ4v) is 3.67. The number of aryl methyl sites for hydroxylation is 1. The van der Waals surface area contributed by atoms with Gasteiger partial charge in [-0.15, -0.1) is 0 Å². The third-order valence-electron chi connectivity index (χ3n) is 5.26. The second kappa shape index (κ2) is 8.27. The molecule has 1 atom stereocenters. The lowest BCUT2D eigenvalue weighted by molar-refractivity contribution is 0.0935. The Morgan fingerprint density at radius 2 is 1.86 bits per heavy atom. The zero-order valence-corrected chi connectivity index (χ0v) is 17.2.